The van der Waals surface area contributed by atoms with Gasteiger partial charge in [0.1, 0.15) is 5.60 Å². The van der Waals surface area contributed by atoms with E-state index in [0.717, 1.165) is 22.7 Å². The van der Waals surface area contributed by atoms with E-state index in [2.05, 4.69) is 0 Å². The first-order valence-corrected chi connectivity index (χ1v) is 11.9. The highest BCUT2D eigenvalue weighted by molar-refractivity contribution is 7.93. The predicted molar refractivity (Wildman–Crippen MR) is 105 cm³/mol. The number of sulfonamides is 2. The van der Waals surface area contributed by atoms with Crippen molar-refractivity contribution < 1.29 is 21.6 Å². The topological polar surface area (TPSA) is 84.0 Å². The molecule has 2 aromatic rings. The van der Waals surface area contributed by atoms with Crippen molar-refractivity contribution in [2.24, 2.45) is 0 Å². The van der Waals surface area contributed by atoms with E-state index in [0.29, 0.717) is 12.3 Å². The van der Waals surface area contributed by atoms with Crippen LogP contribution >= 0.6 is 0 Å². The number of hydrogen-bond donors (Lipinski definition) is 0. The Morgan fingerprint density at radius 1 is 0.964 bits per heavy atom. The lowest BCUT2D eigenvalue weighted by atomic mass is 9.93. The maximum atomic E-state index is 13.3. The van der Waals surface area contributed by atoms with Gasteiger partial charge in [0.05, 0.1) is 22.0 Å². The van der Waals surface area contributed by atoms with Crippen LogP contribution in [0.15, 0.2) is 58.3 Å². The number of ether oxygens (including phenoxy) is 1. The second kappa shape index (κ2) is 6.55. The molecule has 0 N–H and O–H groups in total. The molecule has 1 fully saturated rings. The molecular formula is C19H22N2O5S2. The van der Waals surface area contributed by atoms with E-state index in [9.17, 15) is 16.8 Å². The van der Waals surface area contributed by atoms with Crippen LogP contribution in [0.3, 0.4) is 0 Å². The van der Waals surface area contributed by atoms with Crippen LogP contribution in [0, 0.1) is 0 Å². The highest BCUT2D eigenvalue weighted by Gasteiger charge is 2.49. The fourth-order valence-corrected chi connectivity index (χ4v) is 6.28. The summed E-state index contributed by atoms with van der Waals surface area (Å²) in [4.78, 5) is 0.101. The van der Waals surface area contributed by atoms with Gasteiger partial charge >= 0.3 is 0 Å². The van der Waals surface area contributed by atoms with Gasteiger partial charge in [-0.2, -0.15) is 0 Å². The maximum absolute atomic E-state index is 13.3. The first-order valence-electron chi connectivity index (χ1n) is 8.97. The van der Waals surface area contributed by atoms with Gasteiger partial charge in [-0.3, -0.25) is 4.31 Å². The Balaban J connectivity index is 1.74. The van der Waals surface area contributed by atoms with Gasteiger partial charge in [-0.05, 0) is 43.2 Å². The van der Waals surface area contributed by atoms with E-state index in [4.69, 9.17) is 4.74 Å². The number of benzene rings is 2. The van der Waals surface area contributed by atoms with Gasteiger partial charge in [-0.25, -0.2) is 21.1 Å². The van der Waals surface area contributed by atoms with E-state index < -0.39 is 25.6 Å². The molecule has 0 aromatic heterocycles. The molecule has 1 spiro atoms. The summed E-state index contributed by atoms with van der Waals surface area (Å²) in [6, 6.07) is 12.7. The van der Waals surface area contributed by atoms with E-state index in [-0.39, 0.29) is 16.3 Å². The molecule has 0 amide bonds. The van der Waals surface area contributed by atoms with E-state index in [1.54, 1.807) is 6.07 Å². The summed E-state index contributed by atoms with van der Waals surface area (Å²) in [5.41, 5.74) is 0.912. The molecule has 2 aromatic carbocycles. The number of para-hydroxylation sites is 1. The van der Waals surface area contributed by atoms with Crippen LogP contribution in [0.1, 0.15) is 18.4 Å². The molecule has 28 heavy (non-hydrogen) atoms. The third-order valence-corrected chi connectivity index (χ3v) is 8.96. The third-order valence-electron chi connectivity index (χ3n) is 5.36. The lowest BCUT2D eigenvalue weighted by molar-refractivity contribution is 0.0159. The van der Waals surface area contributed by atoms with Crippen molar-refractivity contribution >= 4 is 25.7 Å². The average molecular weight is 423 g/mol. The molecule has 2 aliphatic rings. The van der Waals surface area contributed by atoms with E-state index in [1.165, 1.54) is 42.7 Å². The highest BCUT2D eigenvalue weighted by Crippen LogP contribution is 2.48. The van der Waals surface area contributed by atoms with Crippen molar-refractivity contribution in [3.8, 4) is 0 Å². The van der Waals surface area contributed by atoms with Crippen LogP contribution in [0.5, 0.6) is 0 Å². The Hall–Kier alpha value is -1.94. The maximum Gasteiger partial charge on any atom is 0.264 e. The minimum atomic E-state index is -3.85. The second-order valence-electron chi connectivity index (χ2n) is 7.23. The highest BCUT2D eigenvalue weighted by atomic mass is 32.2. The molecule has 9 heteroatoms. The van der Waals surface area contributed by atoms with Gasteiger partial charge in [0.25, 0.3) is 10.0 Å². The lowest BCUT2D eigenvalue weighted by Gasteiger charge is -2.25. The van der Waals surface area contributed by atoms with Crippen molar-refractivity contribution in [3.05, 3.63) is 54.1 Å². The molecule has 1 atom stereocenters. The molecule has 1 unspecified atom stereocenters. The fraction of sp³-hybridized carbons (Fsp3) is 0.368. The summed E-state index contributed by atoms with van der Waals surface area (Å²) in [5.74, 6) is 0. The quantitative estimate of drug-likeness (QED) is 0.754. The van der Waals surface area contributed by atoms with Crippen LogP contribution < -0.4 is 4.31 Å². The van der Waals surface area contributed by atoms with Gasteiger partial charge in [-0.1, -0.05) is 18.2 Å². The summed E-state index contributed by atoms with van der Waals surface area (Å²) < 4.78 is 59.6. The fourth-order valence-electron chi connectivity index (χ4n) is 3.85. The molecule has 0 aliphatic carbocycles. The zero-order valence-corrected chi connectivity index (χ0v) is 17.3. The number of rotatable bonds is 4. The van der Waals surface area contributed by atoms with Crippen molar-refractivity contribution in [1.29, 1.82) is 0 Å². The number of nitrogens with zero attached hydrogens (tertiary/aromatic N) is 2. The van der Waals surface area contributed by atoms with E-state index >= 15 is 0 Å². The van der Waals surface area contributed by atoms with Crippen molar-refractivity contribution in [1.82, 2.24) is 4.31 Å². The third kappa shape index (κ3) is 2.85. The normalized spacial score (nSPS) is 22.2. The van der Waals surface area contributed by atoms with E-state index in [1.807, 2.05) is 18.2 Å². The summed E-state index contributed by atoms with van der Waals surface area (Å²) in [6.07, 6.45) is 1.66. The van der Waals surface area contributed by atoms with Crippen molar-refractivity contribution in [2.75, 3.05) is 31.6 Å². The molecule has 7 nitrogen and oxygen atoms in total. The first kappa shape index (κ1) is 19.4. The number of hydrogen-bond acceptors (Lipinski definition) is 5. The molecular weight excluding hydrogens is 400 g/mol. The molecule has 150 valence electrons. The second-order valence-corrected chi connectivity index (χ2v) is 11.2. The average Bonchev–Trinajstić information content (AvgIpc) is 3.28. The Bertz CT molecular complexity index is 1100. The molecule has 0 bridgehead atoms. The van der Waals surface area contributed by atoms with Crippen LogP contribution in [0.2, 0.25) is 0 Å². The zero-order chi connectivity index (χ0) is 20.2. The minimum Gasteiger partial charge on any atom is -0.368 e. The molecule has 2 heterocycles. The summed E-state index contributed by atoms with van der Waals surface area (Å²) in [5, 5.41) is 0. The first-order chi connectivity index (χ1) is 13.2. The molecule has 4 rings (SSSR count). The number of fused-ring (bicyclic) bond motifs is 2. The monoisotopic (exact) mass is 422 g/mol. The summed E-state index contributed by atoms with van der Waals surface area (Å²) in [7, 11) is -4.61. The van der Waals surface area contributed by atoms with Crippen LogP contribution in [-0.2, 0) is 30.4 Å². The molecule has 2 aliphatic heterocycles. The standard InChI is InChI=1S/C19H22N2O5S2/c1-20(2)27(22,23)15-8-10-16(11-9-15)28(24,25)21-14-19(12-5-13-26-19)17-6-3-4-7-18(17)21/h3-4,6-11H,5,12-14H2,1-2H3. The number of anilines is 1. The van der Waals surface area contributed by atoms with Crippen molar-refractivity contribution in [2.45, 2.75) is 28.2 Å². The van der Waals surface area contributed by atoms with Crippen LogP contribution in [-0.4, -0.2) is 48.4 Å². The van der Waals surface area contributed by atoms with Gasteiger partial charge < -0.3 is 4.74 Å². The van der Waals surface area contributed by atoms with Crippen LogP contribution in [0.25, 0.3) is 0 Å². The van der Waals surface area contributed by atoms with Gasteiger partial charge in [0.15, 0.2) is 0 Å². The summed E-state index contributed by atoms with van der Waals surface area (Å²) >= 11 is 0. The Morgan fingerprint density at radius 3 is 2.21 bits per heavy atom. The van der Waals surface area contributed by atoms with Crippen molar-refractivity contribution in [3.63, 3.8) is 0 Å². The minimum absolute atomic E-state index is 0.0499. The van der Waals surface area contributed by atoms with Gasteiger partial charge in [-0.15, -0.1) is 0 Å². The van der Waals surface area contributed by atoms with Gasteiger partial charge in [0.2, 0.25) is 10.0 Å². The molecule has 1 saturated heterocycles. The predicted octanol–water partition coefficient (Wildman–Crippen LogP) is 2.15. The lowest BCUT2D eigenvalue weighted by Crippen LogP contribution is -2.36. The van der Waals surface area contributed by atoms with Gasteiger partial charge in [0, 0.05) is 26.3 Å². The largest absolute Gasteiger partial charge is 0.368 e. The Morgan fingerprint density at radius 2 is 1.61 bits per heavy atom. The SMILES string of the molecule is CN(C)S(=O)(=O)c1ccc(S(=O)(=O)N2CC3(CCCO3)c3ccccc32)cc1. The zero-order valence-electron chi connectivity index (χ0n) is 15.7. The van der Waals surface area contributed by atoms with Crippen LogP contribution in [0.4, 0.5) is 5.69 Å². The molecule has 0 saturated carbocycles. The smallest absolute Gasteiger partial charge is 0.264 e. The summed E-state index contributed by atoms with van der Waals surface area (Å²) in [6.45, 7) is 0.839. The molecule has 0 radical (unpaired) electrons. The Kier molecular flexibility index (Phi) is 4.53. The Labute approximate surface area is 165 Å².